The van der Waals surface area contributed by atoms with Crippen molar-refractivity contribution in [2.45, 2.75) is 0 Å². The smallest absolute Gasteiger partial charge is 0.0404 e. The van der Waals surface area contributed by atoms with Crippen LogP contribution < -0.4 is 9.80 Å². The van der Waals surface area contributed by atoms with Crippen LogP contribution in [0.25, 0.3) is 0 Å². The molecule has 0 aromatic heterocycles. The molecule has 70 valence electrons. The van der Waals surface area contributed by atoms with Crippen LogP contribution in [0, 0.1) is 0 Å². The second-order valence-electron chi connectivity index (χ2n) is 3.20. The van der Waals surface area contributed by atoms with E-state index in [4.69, 9.17) is 0 Å². The van der Waals surface area contributed by atoms with Gasteiger partial charge in [0.2, 0.25) is 0 Å². The van der Waals surface area contributed by atoms with Gasteiger partial charge in [0, 0.05) is 32.5 Å². The summed E-state index contributed by atoms with van der Waals surface area (Å²) in [6.45, 7) is 3.71. The highest BCUT2D eigenvalue weighted by atomic mass is 15.1. The number of hydrogen-bond acceptors (Lipinski definition) is 2. The summed E-state index contributed by atoms with van der Waals surface area (Å²) in [5.41, 5.74) is 2.36. The molecule has 0 amide bonds. The molecule has 0 N–H and O–H groups in total. The summed E-state index contributed by atoms with van der Waals surface area (Å²) in [7, 11) is 6.05. The molecule has 13 heavy (non-hydrogen) atoms. The number of anilines is 2. The lowest BCUT2D eigenvalue weighted by Crippen LogP contribution is -2.10. The summed E-state index contributed by atoms with van der Waals surface area (Å²) in [5, 5.41) is 0. The monoisotopic (exact) mass is 176 g/mol. The summed E-state index contributed by atoms with van der Waals surface area (Å²) in [4.78, 5) is 4.07. The zero-order valence-corrected chi connectivity index (χ0v) is 8.49. The van der Waals surface area contributed by atoms with Crippen LogP contribution in [0.15, 0.2) is 37.0 Å². The third kappa shape index (κ3) is 2.25. The molecule has 1 aromatic rings. The van der Waals surface area contributed by atoms with Gasteiger partial charge < -0.3 is 9.80 Å². The van der Waals surface area contributed by atoms with Crippen molar-refractivity contribution in [3.8, 4) is 0 Å². The topological polar surface area (TPSA) is 6.48 Å². The van der Waals surface area contributed by atoms with Gasteiger partial charge in [-0.25, -0.2) is 0 Å². The zero-order chi connectivity index (χ0) is 9.84. The average molecular weight is 176 g/mol. The molecule has 1 aromatic carbocycles. The van der Waals surface area contributed by atoms with E-state index in [-0.39, 0.29) is 0 Å². The zero-order valence-electron chi connectivity index (χ0n) is 8.49. The van der Waals surface area contributed by atoms with Gasteiger partial charge in [0.1, 0.15) is 0 Å². The highest BCUT2D eigenvalue weighted by Gasteiger charge is 1.97. The Morgan fingerprint density at radius 1 is 1.00 bits per heavy atom. The molecule has 0 saturated heterocycles. The third-order valence-electron chi connectivity index (χ3n) is 2.05. The summed E-state index contributed by atoms with van der Waals surface area (Å²) >= 11 is 0. The SMILES string of the molecule is C=CN(C)c1ccc(N(C)C)cc1. The minimum Gasteiger partial charge on any atom is -0.378 e. The fourth-order valence-electron chi connectivity index (χ4n) is 1.09. The third-order valence-corrected chi connectivity index (χ3v) is 2.05. The van der Waals surface area contributed by atoms with Crippen molar-refractivity contribution in [3.05, 3.63) is 37.0 Å². The van der Waals surface area contributed by atoms with Crippen molar-refractivity contribution < 1.29 is 0 Å². The van der Waals surface area contributed by atoms with Crippen LogP contribution in [-0.2, 0) is 0 Å². The van der Waals surface area contributed by atoms with E-state index in [1.165, 1.54) is 5.69 Å². The minimum absolute atomic E-state index is 1.15. The molecule has 0 fully saturated rings. The Hall–Kier alpha value is -1.44. The molecule has 0 aliphatic carbocycles. The Morgan fingerprint density at radius 3 is 1.85 bits per heavy atom. The highest BCUT2D eigenvalue weighted by Crippen LogP contribution is 2.18. The first-order valence-electron chi connectivity index (χ1n) is 4.28. The predicted molar refractivity (Wildman–Crippen MR) is 59.4 cm³/mol. The van der Waals surface area contributed by atoms with Crippen LogP contribution >= 0.6 is 0 Å². The predicted octanol–water partition coefficient (Wildman–Crippen LogP) is 2.33. The molecule has 0 aliphatic heterocycles. The Labute approximate surface area is 80.1 Å². The van der Waals surface area contributed by atoms with E-state index in [0.29, 0.717) is 0 Å². The maximum Gasteiger partial charge on any atom is 0.0404 e. The second kappa shape index (κ2) is 3.99. The Morgan fingerprint density at radius 2 is 1.46 bits per heavy atom. The van der Waals surface area contributed by atoms with Gasteiger partial charge in [-0.05, 0) is 30.5 Å². The highest BCUT2D eigenvalue weighted by molar-refractivity contribution is 5.56. The van der Waals surface area contributed by atoms with Crippen LogP contribution in [0.4, 0.5) is 11.4 Å². The Kier molecular flexibility index (Phi) is 2.96. The van der Waals surface area contributed by atoms with Crippen molar-refractivity contribution in [2.24, 2.45) is 0 Å². The van der Waals surface area contributed by atoms with E-state index in [1.54, 1.807) is 6.20 Å². The van der Waals surface area contributed by atoms with Gasteiger partial charge in [-0.2, -0.15) is 0 Å². The van der Waals surface area contributed by atoms with Crippen LogP contribution in [0.1, 0.15) is 0 Å². The Balaban J connectivity index is 2.87. The van der Waals surface area contributed by atoms with E-state index in [1.807, 2.05) is 26.0 Å². The number of rotatable bonds is 3. The van der Waals surface area contributed by atoms with E-state index in [0.717, 1.165) is 5.69 Å². The first-order chi connectivity index (χ1) is 6.15. The van der Waals surface area contributed by atoms with E-state index < -0.39 is 0 Å². The van der Waals surface area contributed by atoms with Gasteiger partial charge in [0.15, 0.2) is 0 Å². The van der Waals surface area contributed by atoms with Crippen LogP contribution in [-0.4, -0.2) is 21.1 Å². The summed E-state index contributed by atoms with van der Waals surface area (Å²) in [6, 6.07) is 8.35. The van der Waals surface area contributed by atoms with Gasteiger partial charge in [-0.15, -0.1) is 0 Å². The first kappa shape index (κ1) is 9.65. The lowest BCUT2D eigenvalue weighted by atomic mass is 10.2. The molecular weight excluding hydrogens is 160 g/mol. The van der Waals surface area contributed by atoms with Crippen molar-refractivity contribution in [1.82, 2.24) is 0 Å². The molecular formula is C11H16N2. The maximum atomic E-state index is 3.71. The van der Waals surface area contributed by atoms with Gasteiger partial charge in [-0.3, -0.25) is 0 Å². The van der Waals surface area contributed by atoms with E-state index in [9.17, 15) is 0 Å². The molecule has 0 atom stereocenters. The maximum absolute atomic E-state index is 3.71. The summed E-state index contributed by atoms with van der Waals surface area (Å²) in [5.74, 6) is 0. The quantitative estimate of drug-likeness (QED) is 0.697. The molecule has 0 aliphatic rings. The normalized spacial score (nSPS) is 9.46. The lowest BCUT2D eigenvalue weighted by Gasteiger charge is -2.16. The van der Waals surface area contributed by atoms with Crippen molar-refractivity contribution in [2.75, 3.05) is 30.9 Å². The second-order valence-corrected chi connectivity index (χ2v) is 3.20. The standard InChI is InChI=1S/C11H16N2/c1-5-13(4)11-8-6-10(7-9-11)12(2)3/h5-9H,1H2,2-4H3. The molecule has 0 saturated carbocycles. The molecule has 0 bridgehead atoms. The number of benzene rings is 1. The van der Waals surface area contributed by atoms with Crippen molar-refractivity contribution in [3.63, 3.8) is 0 Å². The van der Waals surface area contributed by atoms with Gasteiger partial charge in [0.05, 0.1) is 0 Å². The fourth-order valence-corrected chi connectivity index (χ4v) is 1.09. The fraction of sp³-hybridized carbons (Fsp3) is 0.273. The van der Waals surface area contributed by atoms with Crippen LogP contribution in [0.3, 0.4) is 0 Å². The number of hydrogen-bond donors (Lipinski definition) is 0. The molecule has 0 radical (unpaired) electrons. The van der Waals surface area contributed by atoms with Crippen LogP contribution in [0.2, 0.25) is 0 Å². The van der Waals surface area contributed by atoms with Crippen molar-refractivity contribution >= 4 is 11.4 Å². The molecule has 0 heterocycles. The Bertz CT molecular complexity index is 275. The largest absolute Gasteiger partial charge is 0.378 e. The molecule has 0 unspecified atom stereocenters. The molecule has 2 heteroatoms. The average Bonchev–Trinajstić information content (AvgIpc) is 2.17. The minimum atomic E-state index is 1.15. The molecule has 2 nitrogen and oxygen atoms in total. The van der Waals surface area contributed by atoms with E-state index >= 15 is 0 Å². The molecule has 0 spiro atoms. The number of nitrogens with zero attached hydrogens (tertiary/aromatic N) is 2. The first-order valence-corrected chi connectivity index (χ1v) is 4.28. The van der Waals surface area contributed by atoms with Crippen LogP contribution in [0.5, 0.6) is 0 Å². The summed E-state index contributed by atoms with van der Waals surface area (Å²) in [6.07, 6.45) is 1.80. The van der Waals surface area contributed by atoms with E-state index in [2.05, 4.69) is 35.7 Å². The van der Waals surface area contributed by atoms with Crippen molar-refractivity contribution in [1.29, 1.82) is 0 Å². The van der Waals surface area contributed by atoms with Gasteiger partial charge in [-0.1, -0.05) is 6.58 Å². The summed E-state index contributed by atoms with van der Waals surface area (Å²) < 4.78 is 0. The lowest BCUT2D eigenvalue weighted by molar-refractivity contribution is 1.13. The molecule has 1 rings (SSSR count). The van der Waals surface area contributed by atoms with Gasteiger partial charge >= 0.3 is 0 Å². The van der Waals surface area contributed by atoms with Gasteiger partial charge in [0.25, 0.3) is 0 Å².